The summed E-state index contributed by atoms with van der Waals surface area (Å²) in [6.45, 7) is 5.35. The Kier molecular flexibility index (Phi) is 12.9. The highest BCUT2D eigenvalue weighted by Gasteiger charge is 2.35. The van der Waals surface area contributed by atoms with Crippen LogP contribution in [-0.4, -0.2) is 64.6 Å². The largest absolute Gasteiger partial charge is 0.494 e. The second kappa shape index (κ2) is 17.1. The molecule has 1 N–H and O–H groups in total. The van der Waals surface area contributed by atoms with E-state index in [0.29, 0.717) is 28.7 Å². The van der Waals surface area contributed by atoms with Crippen LogP contribution in [0.3, 0.4) is 0 Å². The van der Waals surface area contributed by atoms with E-state index in [0.717, 1.165) is 9.87 Å². The van der Waals surface area contributed by atoms with Gasteiger partial charge in [0.25, 0.3) is 10.0 Å². The second-order valence-electron chi connectivity index (χ2n) is 11.5. The summed E-state index contributed by atoms with van der Waals surface area (Å²) in [5, 5.41) is 3.47. The lowest BCUT2D eigenvalue weighted by Gasteiger charge is -2.34. The maximum absolute atomic E-state index is 14.6. The van der Waals surface area contributed by atoms with Crippen molar-refractivity contribution >= 4 is 39.1 Å². The van der Waals surface area contributed by atoms with E-state index in [1.807, 2.05) is 51.1 Å². The van der Waals surface area contributed by atoms with Crippen molar-refractivity contribution in [1.82, 2.24) is 10.2 Å². The molecule has 0 saturated carbocycles. The van der Waals surface area contributed by atoms with E-state index < -0.39 is 28.5 Å². The Morgan fingerprint density at radius 2 is 1.49 bits per heavy atom. The topological polar surface area (TPSA) is 114 Å². The zero-order valence-corrected chi connectivity index (χ0v) is 29.8. The van der Waals surface area contributed by atoms with Crippen LogP contribution in [0.25, 0.3) is 0 Å². The Morgan fingerprint density at radius 3 is 2.08 bits per heavy atom. The number of halogens is 1. The van der Waals surface area contributed by atoms with E-state index >= 15 is 0 Å². The molecule has 0 spiro atoms. The number of sulfonamides is 1. The van der Waals surface area contributed by atoms with E-state index in [-0.39, 0.29) is 41.2 Å². The number of ether oxygens (including phenoxy) is 3. The highest BCUT2D eigenvalue weighted by molar-refractivity contribution is 7.92. The maximum atomic E-state index is 14.6. The van der Waals surface area contributed by atoms with Crippen molar-refractivity contribution in [3.8, 4) is 17.2 Å². The minimum atomic E-state index is -4.38. The summed E-state index contributed by atoms with van der Waals surface area (Å²) in [6.07, 6.45) is 0.199. The maximum Gasteiger partial charge on any atom is 0.264 e. The third-order valence-electron chi connectivity index (χ3n) is 7.63. The van der Waals surface area contributed by atoms with Crippen LogP contribution in [0, 0.1) is 0 Å². The Labute approximate surface area is 293 Å². The van der Waals surface area contributed by atoms with Crippen LogP contribution in [0.4, 0.5) is 5.69 Å². The molecule has 0 unspecified atom stereocenters. The predicted molar refractivity (Wildman–Crippen MR) is 191 cm³/mol. The summed E-state index contributed by atoms with van der Waals surface area (Å²) in [4.78, 5) is 29.8. The lowest BCUT2D eigenvalue weighted by Crippen LogP contribution is -2.54. The molecule has 12 heteroatoms. The van der Waals surface area contributed by atoms with Crippen LogP contribution in [0.5, 0.6) is 17.2 Å². The summed E-state index contributed by atoms with van der Waals surface area (Å²) in [7, 11) is -1.52. The number of methoxy groups -OCH3 is 2. The molecule has 260 valence electrons. The van der Waals surface area contributed by atoms with Crippen molar-refractivity contribution in [3.05, 3.63) is 113 Å². The van der Waals surface area contributed by atoms with Crippen LogP contribution < -0.4 is 23.8 Å². The molecule has 4 rings (SSSR count). The standard InChI is InChI=1S/C37H42ClN3O7S/c1-6-48-31-18-16-30(17-19-31)41(49(44,45)32-20-21-34(46-4)35(23-32)47-5)25-36(42)40(24-28-12-14-29(38)15-13-28)33(37(43)39-26(2)3)22-27-10-8-7-9-11-27/h7-21,23,26,33H,6,22,24-25H2,1-5H3,(H,39,43)/t33-/m1/s1. The first-order valence-electron chi connectivity index (χ1n) is 15.8. The smallest absolute Gasteiger partial charge is 0.264 e. The van der Waals surface area contributed by atoms with E-state index in [2.05, 4.69) is 5.32 Å². The third-order valence-corrected chi connectivity index (χ3v) is 9.65. The first-order chi connectivity index (χ1) is 23.5. The van der Waals surface area contributed by atoms with Gasteiger partial charge in [0.1, 0.15) is 18.3 Å². The van der Waals surface area contributed by atoms with Crippen LogP contribution in [0.1, 0.15) is 31.9 Å². The number of hydrogen-bond acceptors (Lipinski definition) is 7. The summed E-state index contributed by atoms with van der Waals surface area (Å²) < 4.78 is 46.2. The van der Waals surface area contributed by atoms with E-state index in [9.17, 15) is 18.0 Å². The zero-order chi connectivity index (χ0) is 35.6. The number of rotatable bonds is 16. The number of anilines is 1. The highest BCUT2D eigenvalue weighted by Crippen LogP contribution is 2.33. The van der Waals surface area contributed by atoms with Gasteiger partial charge in [0.2, 0.25) is 11.8 Å². The van der Waals surface area contributed by atoms with Crippen molar-refractivity contribution in [2.24, 2.45) is 0 Å². The van der Waals surface area contributed by atoms with Gasteiger partial charge in [-0.3, -0.25) is 13.9 Å². The lowest BCUT2D eigenvalue weighted by molar-refractivity contribution is -0.140. The monoisotopic (exact) mass is 707 g/mol. The molecule has 2 amide bonds. The van der Waals surface area contributed by atoms with Crippen molar-refractivity contribution in [3.63, 3.8) is 0 Å². The van der Waals surface area contributed by atoms with Crippen LogP contribution >= 0.6 is 11.6 Å². The van der Waals surface area contributed by atoms with Gasteiger partial charge in [0.15, 0.2) is 11.5 Å². The summed E-state index contributed by atoms with van der Waals surface area (Å²) in [6, 6.07) is 25.8. The molecule has 1 atom stereocenters. The third kappa shape index (κ3) is 9.67. The molecule has 0 aliphatic carbocycles. The van der Waals surface area contributed by atoms with Crippen molar-refractivity contribution in [2.75, 3.05) is 31.7 Å². The van der Waals surface area contributed by atoms with Gasteiger partial charge in [-0.25, -0.2) is 8.42 Å². The molecular formula is C37H42ClN3O7S. The summed E-state index contributed by atoms with van der Waals surface area (Å²) >= 11 is 6.16. The van der Waals surface area contributed by atoms with Crippen LogP contribution in [0.15, 0.2) is 102 Å². The summed E-state index contributed by atoms with van der Waals surface area (Å²) in [5.74, 6) is 0.140. The minimum Gasteiger partial charge on any atom is -0.494 e. The molecule has 0 saturated heterocycles. The predicted octanol–water partition coefficient (Wildman–Crippen LogP) is 6.12. The minimum absolute atomic E-state index is 0.0204. The number of nitrogens with one attached hydrogen (secondary N) is 1. The number of carbonyl (C=O) groups excluding carboxylic acids is 2. The fourth-order valence-corrected chi connectivity index (χ4v) is 6.79. The molecule has 0 aliphatic heterocycles. The fourth-order valence-electron chi connectivity index (χ4n) is 5.23. The van der Waals surface area contributed by atoms with Crippen LogP contribution in [0.2, 0.25) is 5.02 Å². The lowest BCUT2D eigenvalue weighted by atomic mass is 10.0. The fraction of sp³-hybridized carbons (Fsp3) is 0.297. The number of amides is 2. The molecule has 0 radical (unpaired) electrons. The van der Waals surface area contributed by atoms with Gasteiger partial charge < -0.3 is 24.4 Å². The number of nitrogens with zero attached hydrogens (tertiary/aromatic N) is 2. The molecular weight excluding hydrogens is 666 g/mol. The Balaban J connectivity index is 1.83. The molecule has 4 aromatic carbocycles. The zero-order valence-electron chi connectivity index (χ0n) is 28.3. The van der Waals surface area contributed by atoms with Crippen molar-refractivity contribution in [1.29, 1.82) is 0 Å². The van der Waals surface area contributed by atoms with E-state index in [4.69, 9.17) is 25.8 Å². The SMILES string of the molecule is CCOc1ccc(N(CC(=O)N(Cc2ccc(Cl)cc2)[C@H](Cc2ccccc2)C(=O)NC(C)C)S(=O)(=O)c2ccc(OC)c(OC)c2)cc1. The first-order valence-corrected chi connectivity index (χ1v) is 17.6. The molecule has 0 fully saturated rings. The number of benzene rings is 4. The molecule has 0 bridgehead atoms. The number of carbonyl (C=O) groups is 2. The number of hydrogen-bond donors (Lipinski definition) is 1. The Bertz CT molecular complexity index is 1800. The molecule has 0 heterocycles. The van der Waals surface area contributed by atoms with E-state index in [1.165, 1.54) is 37.3 Å². The van der Waals surface area contributed by atoms with E-state index in [1.54, 1.807) is 48.5 Å². The van der Waals surface area contributed by atoms with Gasteiger partial charge in [-0.1, -0.05) is 54.1 Å². The molecule has 0 aliphatic rings. The van der Waals surface area contributed by atoms with Gasteiger partial charge in [-0.05, 0) is 80.4 Å². The average Bonchev–Trinajstić information content (AvgIpc) is 3.09. The Morgan fingerprint density at radius 1 is 0.837 bits per heavy atom. The highest BCUT2D eigenvalue weighted by atomic mass is 35.5. The summed E-state index contributed by atoms with van der Waals surface area (Å²) in [5.41, 5.74) is 1.77. The van der Waals surface area contributed by atoms with Gasteiger partial charge in [-0.15, -0.1) is 0 Å². The molecule has 0 aromatic heterocycles. The molecule has 4 aromatic rings. The normalized spacial score (nSPS) is 11.8. The van der Waals surface area contributed by atoms with Crippen molar-refractivity contribution < 1.29 is 32.2 Å². The van der Waals surface area contributed by atoms with Gasteiger partial charge in [0, 0.05) is 30.1 Å². The van der Waals surface area contributed by atoms with Crippen LogP contribution in [-0.2, 0) is 32.6 Å². The van der Waals surface area contributed by atoms with Gasteiger partial charge in [-0.2, -0.15) is 0 Å². The average molecular weight is 708 g/mol. The molecule has 49 heavy (non-hydrogen) atoms. The van der Waals surface area contributed by atoms with Gasteiger partial charge in [0.05, 0.1) is 31.4 Å². The first kappa shape index (κ1) is 37.1. The molecule has 10 nitrogen and oxygen atoms in total. The second-order valence-corrected chi connectivity index (χ2v) is 13.8. The van der Waals surface area contributed by atoms with Gasteiger partial charge >= 0.3 is 0 Å². The quantitative estimate of drug-likeness (QED) is 0.149. The Hall–Kier alpha value is -4.74. The van der Waals surface area contributed by atoms with Crippen molar-refractivity contribution in [2.45, 2.75) is 50.7 Å².